The van der Waals surface area contributed by atoms with Gasteiger partial charge in [-0.05, 0) is 24.3 Å². The molecule has 0 unspecified atom stereocenters. The van der Waals surface area contributed by atoms with Crippen LogP contribution in [0.15, 0.2) is 36.4 Å². The molecule has 2 aromatic carbocycles. The average molecular weight is 310 g/mol. The molecule has 0 radical (unpaired) electrons. The van der Waals surface area contributed by atoms with Crippen molar-refractivity contribution in [2.45, 2.75) is 6.61 Å². The monoisotopic (exact) mass is 309 g/mol. The maximum absolute atomic E-state index is 13.7. The third-order valence-electron chi connectivity index (χ3n) is 2.86. The number of methoxy groups -OCH3 is 1. The fourth-order valence-electron chi connectivity index (χ4n) is 1.72. The van der Waals surface area contributed by atoms with Crippen molar-refractivity contribution in [1.29, 1.82) is 0 Å². The van der Waals surface area contributed by atoms with Crippen LogP contribution in [0.2, 0.25) is 5.02 Å². The van der Waals surface area contributed by atoms with Crippen LogP contribution >= 0.6 is 11.6 Å². The van der Waals surface area contributed by atoms with E-state index in [4.69, 9.17) is 26.8 Å². The van der Waals surface area contributed by atoms with Crippen LogP contribution in [0, 0.1) is 5.82 Å². The highest BCUT2D eigenvalue weighted by Gasteiger charge is 2.12. The zero-order valence-electron chi connectivity index (χ0n) is 11.2. The van der Waals surface area contributed by atoms with Gasteiger partial charge in [-0.25, -0.2) is 9.18 Å². The van der Waals surface area contributed by atoms with Gasteiger partial charge in [-0.1, -0.05) is 23.7 Å². The summed E-state index contributed by atoms with van der Waals surface area (Å²) >= 11 is 5.66. The number of ether oxygens (including phenoxy) is 2. The minimum Gasteiger partial charge on any atom is -0.495 e. The molecule has 0 aliphatic carbocycles. The normalized spacial score (nSPS) is 10.2. The lowest BCUT2D eigenvalue weighted by Gasteiger charge is -2.09. The average Bonchev–Trinajstić information content (AvgIpc) is 2.49. The van der Waals surface area contributed by atoms with E-state index in [0.717, 1.165) is 0 Å². The van der Waals surface area contributed by atoms with Crippen molar-refractivity contribution in [2.75, 3.05) is 12.8 Å². The van der Waals surface area contributed by atoms with E-state index >= 15 is 0 Å². The molecular weight excluding hydrogens is 297 g/mol. The number of anilines is 1. The first-order chi connectivity index (χ1) is 10.0. The molecule has 2 N–H and O–H groups in total. The number of carbonyl (C=O) groups excluding carboxylic acids is 1. The fraction of sp³-hybridized carbons (Fsp3) is 0.133. The lowest BCUT2D eigenvalue weighted by atomic mass is 10.2. The molecule has 0 aromatic heterocycles. The minimum absolute atomic E-state index is 0.0160. The summed E-state index contributed by atoms with van der Waals surface area (Å²) in [6, 6.07) is 9.02. The fourth-order valence-corrected chi connectivity index (χ4v) is 1.92. The van der Waals surface area contributed by atoms with Gasteiger partial charge in [0.05, 0.1) is 23.4 Å². The van der Waals surface area contributed by atoms with Crippen LogP contribution in [-0.2, 0) is 11.3 Å². The van der Waals surface area contributed by atoms with Gasteiger partial charge in [0.1, 0.15) is 18.2 Å². The lowest BCUT2D eigenvalue weighted by Crippen LogP contribution is -2.07. The summed E-state index contributed by atoms with van der Waals surface area (Å²) in [6.45, 7) is -0.210. The van der Waals surface area contributed by atoms with Crippen molar-refractivity contribution in [2.24, 2.45) is 0 Å². The van der Waals surface area contributed by atoms with Gasteiger partial charge >= 0.3 is 5.97 Å². The van der Waals surface area contributed by atoms with Gasteiger partial charge < -0.3 is 15.2 Å². The molecule has 0 aliphatic rings. The second-order valence-corrected chi connectivity index (χ2v) is 4.65. The van der Waals surface area contributed by atoms with Gasteiger partial charge in [0.2, 0.25) is 0 Å². The Balaban J connectivity index is 2.10. The van der Waals surface area contributed by atoms with E-state index in [0.29, 0.717) is 11.4 Å². The van der Waals surface area contributed by atoms with Crippen molar-refractivity contribution in [1.82, 2.24) is 0 Å². The molecule has 21 heavy (non-hydrogen) atoms. The summed E-state index contributed by atoms with van der Waals surface area (Å²) in [5.41, 5.74) is 6.55. The predicted octanol–water partition coefficient (Wildman–Crippen LogP) is 3.43. The first-order valence-electron chi connectivity index (χ1n) is 6.06. The number of esters is 1. The van der Waals surface area contributed by atoms with Crippen LogP contribution in [0.5, 0.6) is 5.75 Å². The molecule has 4 nitrogen and oxygen atoms in total. The molecule has 110 valence electrons. The Kier molecular flexibility index (Phi) is 4.65. The zero-order chi connectivity index (χ0) is 15.4. The Bertz CT molecular complexity index is 676. The second kappa shape index (κ2) is 6.45. The second-order valence-electron chi connectivity index (χ2n) is 4.25. The maximum Gasteiger partial charge on any atom is 0.338 e. The van der Waals surface area contributed by atoms with Crippen LogP contribution in [0.1, 0.15) is 15.9 Å². The molecule has 0 spiro atoms. The van der Waals surface area contributed by atoms with Crippen molar-refractivity contribution in [3.63, 3.8) is 0 Å². The van der Waals surface area contributed by atoms with E-state index in [9.17, 15) is 9.18 Å². The summed E-state index contributed by atoms with van der Waals surface area (Å²) in [5.74, 6) is -0.826. The highest BCUT2D eigenvalue weighted by atomic mass is 35.5. The Morgan fingerprint density at radius 2 is 2.10 bits per heavy atom. The number of carbonyl (C=O) groups is 1. The first-order valence-corrected chi connectivity index (χ1v) is 6.44. The highest BCUT2D eigenvalue weighted by molar-refractivity contribution is 6.30. The van der Waals surface area contributed by atoms with E-state index in [2.05, 4.69) is 0 Å². The van der Waals surface area contributed by atoms with Gasteiger partial charge in [0.25, 0.3) is 0 Å². The van der Waals surface area contributed by atoms with E-state index in [1.165, 1.54) is 37.4 Å². The number of nitrogens with two attached hydrogens (primary N) is 1. The SMILES string of the molecule is COc1cc(C(=O)OCc2cccc(Cl)c2F)ccc1N. The van der Waals surface area contributed by atoms with Gasteiger partial charge in [-0.2, -0.15) is 0 Å². The lowest BCUT2D eigenvalue weighted by molar-refractivity contribution is 0.0468. The molecule has 2 rings (SSSR count). The van der Waals surface area contributed by atoms with E-state index in [-0.39, 0.29) is 22.8 Å². The molecule has 0 atom stereocenters. The number of nitrogen functional groups attached to an aromatic ring is 1. The van der Waals surface area contributed by atoms with Crippen molar-refractivity contribution in [3.8, 4) is 5.75 Å². The number of rotatable bonds is 4. The Morgan fingerprint density at radius 3 is 2.81 bits per heavy atom. The number of benzene rings is 2. The number of hydrogen-bond donors (Lipinski definition) is 1. The Morgan fingerprint density at radius 1 is 1.33 bits per heavy atom. The quantitative estimate of drug-likeness (QED) is 0.694. The molecule has 0 amide bonds. The number of hydrogen-bond acceptors (Lipinski definition) is 4. The molecule has 0 fully saturated rings. The Labute approximate surface area is 126 Å². The predicted molar refractivity (Wildman–Crippen MR) is 77.9 cm³/mol. The summed E-state index contributed by atoms with van der Waals surface area (Å²) in [4.78, 5) is 11.9. The van der Waals surface area contributed by atoms with Crippen LogP contribution < -0.4 is 10.5 Å². The van der Waals surface area contributed by atoms with Gasteiger partial charge in [0.15, 0.2) is 0 Å². The molecular formula is C15H13ClFNO3. The van der Waals surface area contributed by atoms with E-state index < -0.39 is 11.8 Å². The van der Waals surface area contributed by atoms with Gasteiger partial charge in [-0.3, -0.25) is 0 Å². The van der Waals surface area contributed by atoms with Crippen LogP contribution in [0.3, 0.4) is 0 Å². The van der Waals surface area contributed by atoms with Crippen molar-refractivity contribution >= 4 is 23.3 Å². The standard InChI is InChI=1S/C15H13ClFNO3/c1-20-13-7-9(5-6-12(13)18)15(19)21-8-10-3-2-4-11(16)14(10)17/h2-7H,8,18H2,1H3. The zero-order valence-corrected chi connectivity index (χ0v) is 12.0. The first kappa shape index (κ1) is 15.1. The molecule has 6 heteroatoms. The summed E-state index contributed by atoms with van der Waals surface area (Å²) in [6.07, 6.45) is 0. The molecule has 0 saturated heterocycles. The topological polar surface area (TPSA) is 61.5 Å². The van der Waals surface area contributed by atoms with Crippen LogP contribution in [-0.4, -0.2) is 13.1 Å². The third kappa shape index (κ3) is 3.44. The smallest absolute Gasteiger partial charge is 0.338 e. The molecule has 0 bridgehead atoms. The largest absolute Gasteiger partial charge is 0.495 e. The molecule has 0 saturated carbocycles. The summed E-state index contributed by atoms with van der Waals surface area (Å²) in [5, 5.41) is -0.0160. The highest BCUT2D eigenvalue weighted by Crippen LogP contribution is 2.23. The van der Waals surface area contributed by atoms with Crippen LogP contribution in [0.4, 0.5) is 10.1 Å². The minimum atomic E-state index is -0.604. The van der Waals surface area contributed by atoms with Gasteiger partial charge in [-0.15, -0.1) is 0 Å². The van der Waals surface area contributed by atoms with E-state index in [1.54, 1.807) is 6.07 Å². The van der Waals surface area contributed by atoms with Crippen molar-refractivity contribution < 1.29 is 18.7 Å². The van der Waals surface area contributed by atoms with Crippen LogP contribution in [0.25, 0.3) is 0 Å². The summed E-state index contributed by atoms with van der Waals surface area (Å²) in [7, 11) is 1.45. The molecule has 0 aliphatic heterocycles. The number of halogens is 2. The third-order valence-corrected chi connectivity index (χ3v) is 3.15. The Hall–Kier alpha value is -2.27. The molecule has 0 heterocycles. The summed E-state index contributed by atoms with van der Waals surface area (Å²) < 4.78 is 23.7. The van der Waals surface area contributed by atoms with E-state index in [1.807, 2.05) is 0 Å². The van der Waals surface area contributed by atoms with Crippen molar-refractivity contribution in [3.05, 3.63) is 58.4 Å². The maximum atomic E-state index is 13.7. The molecule has 2 aromatic rings. The van der Waals surface area contributed by atoms with Gasteiger partial charge in [0, 0.05) is 5.56 Å².